The molecule has 4 N–H and O–H groups in total. The fourth-order valence-electron chi connectivity index (χ4n) is 6.90. The van der Waals surface area contributed by atoms with Gasteiger partial charge in [0.25, 0.3) is 21.9 Å². The number of phenolic OH excluding ortho intramolecular Hbond substituents is 1. The molecule has 0 aliphatic heterocycles. The monoisotopic (exact) mass is 1190 g/mol. The Balaban J connectivity index is 0.000000235. The number of ether oxygens (including phenoxy) is 2. The second kappa shape index (κ2) is 23.6. The zero-order valence-corrected chi connectivity index (χ0v) is 46.3. The van der Waals surface area contributed by atoms with Gasteiger partial charge in [0.1, 0.15) is 27.3 Å². The van der Waals surface area contributed by atoms with Crippen LogP contribution < -0.4 is 25.2 Å². The molecule has 0 unspecified atom stereocenters. The van der Waals surface area contributed by atoms with E-state index in [-0.39, 0.29) is 92.8 Å². The maximum atomic E-state index is 13.3. The van der Waals surface area contributed by atoms with Crippen LogP contribution in [0.25, 0.3) is 21.5 Å². The minimum absolute atomic E-state index is 0. The first-order valence-electron chi connectivity index (χ1n) is 20.9. The molecule has 8 aromatic carbocycles. The number of amides is 2. The number of rotatable bonds is 12. The first kappa shape index (κ1) is 55.9. The number of anilines is 2. The number of halogens is 2. The largest absolute Gasteiger partial charge is 2.00 e. The predicted octanol–water partition coefficient (Wildman–Crippen LogP) is 11.5. The van der Waals surface area contributed by atoms with E-state index in [0.717, 1.165) is 24.3 Å². The SMILES string of the molecule is COc1ccc(NC(=O)c2cc3ccccc3c(N=Nc3cc(S(=O)(=O)O)cc(Cl)c3C)c2O)cc1.COc1ccc(NC(=O)c2cc3ccccc3c(N=Nc3cc(S(=O)(=O)[O-])cc(Cl)c3C)c2[O-])cc1.[Ba+2]. The average molecular weight is 1190 g/mol. The third-order valence-electron chi connectivity index (χ3n) is 10.8. The van der Waals surface area contributed by atoms with E-state index in [9.17, 15) is 45.7 Å². The molecular weight excluding hydrogens is 1150 g/mol. The quantitative estimate of drug-likeness (QED) is 0.0505. The number of nitrogens with one attached hydrogen (secondary N) is 2. The summed E-state index contributed by atoms with van der Waals surface area (Å²) in [5, 5.41) is 48.2. The topological polar surface area (TPSA) is 281 Å². The van der Waals surface area contributed by atoms with Crippen molar-refractivity contribution in [3.8, 4) is 23.0 Å². The number of benzene rings is 8. The molecule has 73 heavy (non-hydrogen) atoms. The molecular formula is C50H38BaCl2N6O12S2. The van der Waals surface area contributed by atoms with E-state index in [1.807, 2.05) is 0 Å². The Bertz CT molecular complexity index is 3490. The van der Waals surface area contributed by atoms with E-state index in [0.29, 0.717) is 55.5 Å². The van der Waals surface area contributed by atoms with Gasteiger partial charge in [-0.15, -0.1) is 5.11 Å². The molecule has 0 spiro atoms. The number of fused-ring (bicyclic) bond motifs is 2. The summed E-state index contributed by atoms with van der Waals surface area (Å²) in [6, 6.07) is 34.3. The molecule has 18 nitrogen and oxygen atoms in total. The van der Waals surface area contributed by atoms with E-state index in [2.05, 4.69) is 31.1 Å². The number of carbonyl (C=O) groups is 2. The van der Waals surface area contributed by atoms with Crippen LogP contribution >= 0.6 is 23.2 Å². The van der Waals surface area contributed by atoms with E-state index in [1.165, 1.54) is 26.4 Å². The normalized spacial score (nSPS) is 11.5. The molecule has 8 aromatic rings. The maximum absolute atomic E-state index is 13.3. The zero-order chi connectivity index (χ0) is 52.1. The molecule has 23 heteroatoms. The van der Waals surface area contributed by atoms with E-state index in [4.69, 9.17) is 32.7 Å². The molecule has 0 saturated heterocycles. The molecule has 0 aromatic heterocycles. The molecule has 0 aliphatic rings. The van der Waals surface area contributed by atoms with Crippen molar-refractivity contribution in [1.82, 2.24) is 0 Å². The molecule has 0 heterocycles. The molecule has 0 bridgehead atoms. The summed E-state index contributed by atoms with van der Waals surface area (Å²) < 4.78 is 77.2. The molecule has 0 radical (unpaired) electrons. The number of azo groups is 2. The first-order chi connectivity index (χ1) is 34.2. The van der Waals surface area contributed by atoms with Gasteiger partial charge in [-0.05, 0) is 121 Å². The van der Waals surface area contributed by atoms with Crippen molar-refractivity contribution in [3.05, 3.63) is 166 Å². The molecule has 2 amide bonds. The van der Waals surface area contributed by atoms with Crippen molar-refractivity contribution >= 4 is 160 Å². The number of aromatic hydroxyl groups is 1. The van der Waals surface area contributed by atoms with Crippen LogP contribution in [0.15, 0.2) is 164 Å². The Morgan fingerprint density at radius 2 is 1.00 bits per heavy atom. The van der Waals surface area contributed by atoms with Crippen molar-refractivity contribution in [2.75, 3.05) is 24.9 Å². The van der Waals surface area contributed by atoms with Crippen LogP contribution in [0.1, 0.15) is 31.8 Å². The van der Waals surface area contributed by atoms with Crippen LogP contribution in [-0.4, -0.2) is 106 Å². The van der Waals surface area contributed by atoms with Crippen molar-refractivity contribution in [2.45, 2.75) is 23.6 Å². The predicted molar refractivity (Wildman–Crippen MR) is 275 cm³/mol. The summed E-state index contributed by atoms with van der Waals surface area (Å²) in [6.07, 6.45) is 0. The standard InChI is InChI=1S/2C25H20ClN3O6S.Ba/c2*1-14-21(26)12-18(36(32,33)34)13-22(14)28-29-23-19-6-4-3-5-15(19)11-20(24(23)30)25(31)27-16-7-9-17(35-2)10-8-16;/h2*3-13,30H,1-2H3,(H,27,31)(H,32,33,34);/q;;+2/p-2. The van der Waals surface area contributed by atoms with Crippen LogP contribution in [0, 0.1) is 13.8 Å². The second-order valence-electron chi connectivity index (χ2n) is 15.5. The Morgan fingerprint density at radius 3 is 1.47 bits per heavy atom. The number of carbonyl (C=O) groups excluding carboxylic acids is 2. The van der Waals surface area contributed by atoms with Gasteiger partial charge in [0.05, 0.1) is 46.6 Å². The minimum atomic E-state index is -4.80. The maximum Gasteiger partial charge on any atom is 2.00 e. The average Bonchev–Trinajstić information content (AvgIpc) is 3.35. The fourth-order valence-corrected chi connectivity index (χ4v) is 8.51. The minimum Gasteiger partial charge on any atom is -0.870 e. The van der Waals surface area contributed by atoms with Gasteiger partial charge in [0, 0.05) is 37.8 Å². The number of hydrogen-bond donors (Lipinski definition) is 4. The van der Waals surface area contributed by atoms with Gasteiger partial charge < -0.3 is 34.9 Å². The van der Waals surface area contributed by atoms with Crippen LogP contribution in [0.3, 0.4) is 0 Å². The third-order valence-corrected chi connectivity index (χ3v) is 13.3. The first-order valence-corrected chi connectivity index (χ1v) is 24.5. The van der Waals surface area contributed by atoms with Crippen LogP contribution in [0.2, 0.25) is 10.0 Å². The third kappa shape index (κ3) is 13.2. The number of phenols is 1. The number of hydrogen-bond acceptors (Lipinski definition) is 15. The number of nitrogens with zero attached hydrogens (tertiary/aromatic N) is 4. The number of methoxy groups -OCH3 is 2. The van der Waals surface area contributed by atoms with Crippen LogP contribution in [-0.2, 0) is 20.2 Å². The Labute approximate surface area is 468 Å². The Hall–Kier alpha value is -6.41. The van der Waals surface area contributed by atoms with Crippen LogP contribution in [0.5, 0.6) is 23.0 Å². The summed E-state index contributed by atoms with van der Waals surface area (Å²) in [6.45, 7) is 3.16. The van der Waals surface area contributed by atoms with Gasteiger partial charge in [-0.1, -0.05) is 77.5 Å². The summed E-state index contributed by atoms with van der Waals surface area (Å²) in [5.74, 6) is -1.09. The van der Waals surface area contributed by atoms with E-state index >= 15 is 0 Å². The molecule has 8 rings (SSSR count). The zero-order valence-electron chi connectivity index (χ0n) is 38.7. The molecule has 0 aliphatic carbocycles. The fraction of sp³-hybridized carbons (Fsp3) is 0.0800. The van der Waals surface area contributed by atoms with Gasteiger partial charge in [-0.2, -0.15) is 23.8 Å². The van der Waals surface area contributed by atoms with Crippen molar-refractivity contribution in [1.29, 1.82) is 0 Å². The van der Waals surface area contributed by atoms with Gasteiger partial charge >= 0.3 is 48.9 Å². The van der Waals surface area contributed by atoms with E-state index < -0.39 is 53.3 Å². The van der Waals surface area contributed by atoms with Gasteiger partial charge in [0.2, 0.25) is 0 Å². The van der Waals surface area contributed by atoms with Crippen LogP contribution in [0.4, 0.5) is 34.1 Å². The molecule has 0 fully saturated rings. The summed E-state index contributed by atoms with van der Waals surface area (Å²) >= 11 is 12.2. The summed E-state index contributed by atoms with van der Waals surface area (Å²) in [5.41, 5.74) is 1.44. The smallest absolute Gasteiger partial charge is 0.870 e. The molecule has 368 valence electrons. The van der Waals surface area contributed by atoms with Crippen molar-refractivity contribution in [3.63, 3.8) is 0 Å². The van der Waals surface area contributed by atoms with E-state index in [1.54, 1.807) is 111 Å². The molecule has 0 saturated carbocycles. The summed E-state index contributed by atoms with van der Waals surface area (Å²) in [7, 11) is -6.29. The molecule has 0 atom stereocenters. The van der Waals surface area contributed by atoms with Crippen molar-refractivity contribution in [2.24, 2.45) is 20.5 Å². The Kier molecular flexibility index (Phi) is 18.1. The summed E-state index contributed by atoms with van der Waals surface area (Å²) in [4.78, 5) is 25.0. The van der Waals surface area contributed by atoms with Gasteiger partial charge in [0.15, 0.2) is 5.75 Å². The van der Waals surface area contributed by atoms with Gasteiger partial charge in [-0.25, -0.2) is 8.42 Å². The Morgan fingerprint density at radius 1 is 0.589 bits per heavy atom. The second-order valence-corrected chi connectivity index (χ2v) is 19.1. The van der Waals surface area contributed by atoms with Gasteiger partial charge in [-0.3, -0.25) is 14.1 Å². The van der Waals surface area contributed by atoms with Crippen molar-refractivity contribution < 1.29 is 55.2 Å².